The molecule has 0 spiro atoms. The van der Waals surface area contributed by atoms with Crippen LogP contribution in [0.15, 0.2) is 33.6 Å². The molecule has 0 saturated carbocycles. The summed E-state index contributed by atoms with van der Waals surface area (Å²) in [4.78, 5) is 0.282. The Labute approximate surface area is 116 Å². The Kier molecular flexibility index (Phi) is 4.77. The van der Waals surface area contributed by atoms with Crippen LogP contribution in [0.4, 0.5) is 0 Å². The van der Waals surface area contributed by atoms with Crippen molar-refractivity contribution in [1.29, 1.82) is 0 Å². The molecule has 1 aliphatic rings. The van der Waals surface area contributed by atoms with Gasteiger partial charge in [0.05, 0.1) is 11.0 Å². The molecule has 1 fully saturated rings. The molecule has 0 radical (unpaired) electrons. The van der Waals surface area contributed by atoms with Crippen LogP contribution in [0.5, 0.6) is 0 Å². The summed E-state index contributed by atoms with van der Waals surface area (Å²) in [6.45, 7) is 1.21. The zero-order valence-electron chi connectivity index (χ0n) is 9.93. The van der Waals surface area contributed by atoms with Crippen LogP contribution >= 0.6 is 15.9 Å². The van der Waals surface area contributed by atoms with Crippen molar-refractivity contribution in [3.63, 3.8) is 0 Å². The molecular weight excluding hydrogens is 318 g/mol. The van der Waals surface area contributed by atoms with Crippen molar-refractivity contribution in [3.8, 4) is 0 Å². The van der Waals surface area contributed by atoms with Crippen LogP contribution in [0.1, 0.15) is 19.3 Å². The lowest BCUT2D eigenvalue weighted by atomic mass is 10.2. The molecule has 0 aliphatic carbocycles. The van der Waals surface area contributed by atoms with E-state index in [1.165, 1.54) is 0 Å². The first kappa shape index (κ1) is 14.0. The quantitative estimate of drug-likeness (QED) is 0.899. The van der Waals surface area contributed by atoms with Gasteiger partial charge in [-0.15, -0.1) is 0 Å². The van der Waals surface area contributed by atoms with E-state index in [1.807, 2.05) is 0 Å². The molecule has 1 aliphatic heterocycles. The predicted molar refractivity (Wildman–Crippen MR) is 72.9 cm³/mol. The van der Waals surface area contributed by atoms with Gasteiger partial charge in [0.25, 0.3) is 0 Å². The fraction of sp³-hybridized carbons (Fsp3) is 0.500. The number of ether oxygens (including phenoxy) is 1. The number of hydrogen-bond donors (Lipinski definition) is 1. The smallest absolute Gasteiger partial charge is 0.240 e. The maximum absolute atomic E-state index is 12.0. The average Bonchev–Trinajstić information content (AvgIpc) is 2.82. The average molecular weight is 334 g/mol. The summed E-state index contributed by atoms with van der Waals surface area (Å²) in [6, 6.07) is 6.68. The first-order valence-corrected chi connectivity index (χ1v) is 8.22. The lowest BCUT2D eigenvalue weighted by Crippen LogP contribution is -2.27. The second-order valence-electron chi connectivity index (χ2n) is 4.28. The molecule has 6 heteroatoms. The minimum atomic E-state index is -3.41. The van der Waals surface area contributed by atoms with Gasteiger partial charge in [0.2, 0.25) is 10.0 Å². The fourth-order valence-corrected chi connectivity index (χ4v) is 3.59. The van der Waals surface area contributed by atoms with Crippen LogP contribution in [0, 0.1) is 0 Å². The highest BCUT2D eigenvalue weighted by Gasteiger charge is 2.18. The van der Waals surface area contributed by atoms with E-state index in [9.17, 15) is 8.42 Å². The van der Waals surface area contributed by atoms with Gasteiger partial charge in [0, 0.05) is 17.6 Å². The van der Waals surface area contributed by atoms with Gasteiger partial charge in [-0.2, -0.15) is 0 Å². The maximum Gasteiger partial charge on any atom is 0.240 e. The molecule has 1 aromatic carbocycles. The van der Waals surface area contributed by atoms with Crippen molar-refractivity contribution in [2.75, 3.05) is 13.2 Å². The number of rotatable bonds is 5. The van der Waals surface area contributed by atoms with Crippen molar-refractivity contribution in [2.45, 2.75) is 30.3 Å². The monoisotopic (exact) mass is 333 g/mol. The molecule has 100 valence electrons. The number of nitrogens with one attached hydrogen (secondary N) is 1. The van der Waals surface area contributed by atoms with Gasteiger partial charge in [-0.05, 0) is 37.5 Å². The molecule has 18 heavy (non-hydrogen) atoms. The number of sulfonamides is 1. The van der Waals surface area contributed by atoms with E-state index in [0.29, 0.717) is 6.54 Å². The van der Waals surface area contributed by atoms with E-state index in [0.717, 1.165) is 30.3 Å². The highest BCUT2D eigenvalue weighted by Crippen LogP contribution is 2.17. The Morgan fingerprint density at radius 3 is 2.94 bits per heavy atom. The van der Waals surface area contributed by atoms with Gasteiger partial charge in [-0.25, -0.2) is 13.1 Å². The van der Waals surface area contributed by atoms with Crippen molar-refractivity contribution < 1.29 is 13.2 Å². The van der Waals surface area contributed by atoms with E-state index >= 15 is 0 Å². The van der Waals surface area contributed by atoms with Gasteiger partial charge in [-0.1, -0.05) is 22.0 Å². The number of hydrogen-bond acceptors (Lipinski definition) is 3. The van der Waals surface area contributed by atoms with E-state index in [4.69, 9.17) is 4.74 Å². The first-order chi connectivity index (χ1) is 8.58. The highest BCUT2D eigenvalue weighted by molar-refractivity contribution is 9.10. The standard InChI is InChI=1S/C12H16BrNO3S/c13-10-3-1-5-12(9-10)18(15,16)14-7-6-11-4-2-8-17-11/h1,3,5,9,11,14H,2,4,6-8H2. The number of halogens is 1. The van der Waals surface area contributed by atoms with Crippen molar-refractivity contribution in [3.05, 3.63) is 28.7 Å². The lowest BCUT2D eigenvalue weighted by molar-refractivity contribution is 0.105. The van der Waals surface area contributed by atoms with Gasteiger partial charge in [0.1, 0.15) is 0 Å². The number of benzene rings is 1. The van der Waals surface area contributed by atoms with Crippen molar-refractivity contribution in [2.24, 2.45) is 0 Å². The van der Waals surface area contributed by atoms with Crippen molar-refractivity contribution >= 4 is 26.0 Å². The molecule has 0 bridgehead atoms. The normalized spacial score (nSPS) is 20.2. The van der Waals surface area contributed by atoms with Gasteiger partial charge in [-0.3, -0.25) is 0 Å². The molecule has 0 amide bonds. The van der Waals surface area contributed by atoms with Crippen molar-refractivity contribution in [1.82, 2.24) is 4.72 Å². The Hall–Kier alpha value is -0.430. The third-order valence-corrected chi connectivity index (χ3v) is 4.84. The van der Waals surface area contributed by atoms with E-state index in [2.05, 4.69) is 20.7 Å². The molecule has 1 saturated heterocycles. The largest absolute Gasteiger partial charge is 0.378 e. The SMILES string of the molecule is O=S(=O)(NCCC1CCCO1)c1cccc(Br)c1. The molecule has 4 nitrogen and oxygen atoms in total. The topological polar surface area (TPSA) is 55.4 Å². The van der Waals surface area contributed by atoms with E-state index in [1.54, 1.807) is 24.3 Å². The summed E-state index contributed by atoms with van der Waals surface area (Å²) in [6.07, 6.45) is 3.03. The van der Waals surface area contributed by atoms with Crippen LogP contribution in [0.25, 0.3) is 0 Å². The second-order valence-corrected chi connectivity index (χ2v) is 6.96. The highest BCUT2D eigenvalue weighted by atomic mass is 79.9. The molecule has 1 heterocycles. The van der Waals surface area contributed by atoms with Crippen LogP contribution in [0.2, 0.25) is 0 Å². The van der Waals surface area contributed by atoms with Gasteiger partial charge >= 0.3 is 0 Å². The molecule has 1 N–H and O–H groups in total. The molecule has 1 unspecified atom stereocenters. The Bertz CT molecular complexity index is 498. The van der Waals surface area contributed by atoms with Gasteiger partial charge < -0.3 is 4.74 Å². The predicted octanol–water partition coefficient (Wildman–Crippen LogP) is 2.30. The molecule has 1 atom stereocenters. The van der Waals surface area contributed by atoms with Crippen LogP contribution in [0.3, 0.4) is 0 Å². The Morgan fingerprint density at radius 1 is 1.44 bits per heavy atom. The minimum Gasteiger partial charge on any atom is -0.378 e. The van der Waals surface area contributed by atoms with Crippen LogP contribution in [-0.2, 0) is 14.8 Å². The third-order valence-electron chi connectivity index (χ3n) is 2.89. The zero-order valence-corrected chi connectivity index (χ0v) is 12.3. The summed E-state index contributed by atoms with van der Waals surface area (Å²) >= 11 is 3.26. The van der Waals surface area contributed by atoms with E-state index in [-0.39, 0.29) is 11.0 Å². The summed E-state index contributed by atoms with van der Waals surface area (Å²) < 4.78 is 32.8. The van der Waals surface area contributed by atoms with Crippen LogP contribution in [-0.4, -0.2) is 27.7 Å². The summed E-state index contributed by atoms with van der Waals surface area (Å²) in [5.74, 6) is 0. The molecular formula is C12H16BrNO3S. The molecule has 1 aromatic rings. The Balaban J connectivity index is 1.90. The van der Waals surface area contributed by atoms with Crippen LogP contribution < -0.4 is 4.72 Å². The third kappa shape index (κ3) is 3.78. The molecule has 2 rings (SSSR count). The second kappa shape index (κ2) is 6.14. The summed E-state index contributed by atoms with van der Waals surface area (Å²) in [5.41, 5.74) is 0. The fourth-order valence-electron chi connectivity index (χ4n) is 1.94. The zero-order chi connectivity index (χ0) is 13.0. The summed E-state index contributed by atoms with van der Waals surface area (Å²) in [7, 11) is -3.41. The lowest BCUT2D eigenvalue weighted by Gasteiger charge is -2.10. The van der Waals surface area contributed by atoms with Gasteiger partial charge in [0.15, 0.2) is 0 Å². The first-order valence-electron chi connectivity index (χ1n) is 5.95. The summed E-state index contributed by atoms with van der Waals surface area (Å²) in [5, 5.41) is 0. The maximum atomic E-state index is 12.0. The minimum absolute atomic E-state index is 0.204. The molecule has 0 aromatic heterocycles. The Morgan fingerprint density at radius 2 is 2.28 bits per heavy atom. The van der Waals surface area contributed by atoms with E-state index < -0.39 is 10.0 Å².